The molecule has 1 aliphatic heterocycles. The maximum atomic E-state index is 13.5. The summed E-state index contributed by atoms with van der Waals surface area (Å²) in [6, 6.07) is 14.0. The van der Waals surface area contributed by atoms with E-state index in [2.05, 4.69) is 49.2 Å². The summed E-state index contributed by atoms with van der Waals surface area (Å²) in [6.07, 6.45) is 8.79. The number of anilines is 3. The van der Waals surface area contributed by atoms with Gasteiger partial charge in [-0.3, -0.25) is 14.8 Å². The lowest BCUT2D eigenvalue weighted by Gasteiger charge is -2.34. The number of fused-ring (bicyclic) bond motifs is 1. The number of nitrogens with one attached hydrogen (secondary N) is 1. The maximum Gasteiger partial charge on any atom is 0.278 e. The van der Waals surface area contributed by atoms with Gasteiger partial charge in [-0.2, -0.15) is 4.98 Å². The lowest BCUT2D eigenvalue weighted by atomic mass is 10.2. The number of nitrogens with zero attached hydrogens (tertiary/aromatic N) is 9. The molecule has 5 aromatic rings. The van der Waals surface area contributed by atoms with E-state index in [1.54, 1.807) is 29.5 Å². The number of piperazine rings is 1. The summed E-state index contributed by atoms with van der Waals surface area (Å²) in [5.74, 6) is 1.49. The highest BCUT2D eigenvalue weighted by Gasteiger charge is 2.27. The number of benzene rings is 1. The lowest BCUT2D eigenvalue weighted by Crippen LogP contribution is -2.44. The molecule has 2 fully saturated rings. The molecule has 11 heteroatoms. The molecule has 5 heterocycles. The molecule has 40 heavy (non-hydrogen) atoms. The van der Waals surface area contributed by atoms with E-state index in [0.717, 1.165) is 44.7 Å². The van der Waals surface area contributed by atoms with Gasteiger partial charge in [-0.1, -0.05) is 6.07 Å². The fourth-order valence-corrected chi connectivity index (χ4v) is 5.10. The average Bonchev–Trinajstić information content (AvgIpc) is 3.78. The Morgan fingerprint density at radius 3 is 2.48 bits per heavy atom. The van der Waals surface area contributed by atoms with E-state index in [1.165, 1.54) is 5.69 Å². The van der Waals surface area contributed by atoms with E-state index < -0.39 is 0 Å². The molecule has 1 aromatic carbocycles. The SMILES string of the molecule is CN1CCN(c2ccc(Nc3ncc4c(=O)n(CC5CC5)n(-c5cccc(-c6cnccn6)n5)c4n3)cc2)CC1. The molecule has 1 N–H and O–H groups in total. The van der Waals surface area contributed by atoms with Gasteiger partial charge in [0.2, 0.25) is 5.95 Å². The van der Waals surface area contributed by atoms with Crippen LogP contribution in [0.5, 0.6) is 0 Å². The quantitative estimate of drug-likeness (QED) is 0.336. The summed E-state index contributed by atoms with van der Waals surface area (Å²) in [5.41, 5.74) is 3.82. The van der Waals surface area contributed by atoms with Crippen molar-refractivity contribution in [2.45, 2.75) is 19.4 Å². The number of hydrogen-bond acceptors (Lipinski definition) is 9. The third kappa shape index (κ3) is 4.79. The Hall–Kier alpha value is -4.64. The molecule has 0 atom stereocenters. The second-order valence-corrected chi connectivity index (χ2v) is 10.5. The van der Waals surface area contributed by atoms with Crippen LogP contribution in [-0.4, -0.2) is 72.4 Å². The number of pyridine rings is 1. The standard InChI is InChI=1S/C29H30N10O/c1-36-13-15-37(16-14-36)22-9-7-21(8-10-22)33-29-32-17-23-27(35-29)39(38(28(23)40)19-20-5-6-20)26-4-2-3-24(34-26)25-18-30-11-12-31-25/h2-4,7-12,17-18,20H,5-6,13-16,19H2,1H3,(H,32,33,35). The van der Waals surface area contributed by atoms with Crippen molar-refractivity contribution in [3.8, 4) is 17.2 Å². The first-order valence-electron chi connectivity index (χ1n) is 13.7. The molecule has 202 valence electrons. The summed E-state index contributed by atoms with van der Waals surface area (Å²) in [5, 5.41) is 3.78. The van der Waals surface area contributed by atoms with Crippen molar-refractivity contribution in [2.75, 3.05) is 43.4 Å². The van der Waals surface area contributed by atoms with Gasteiger partial charge >= 0.3 is 0 Å². The van der Waals surface area contributed by atoms with Crippen molar-refractivity contribution in [2.24, 2.45) is 5.92 Å². The predicted octanol–water partition coefficient (Wildman–Crippen LogP) is 3.34. The predicted molar refractivity (Wildman–Crippen MR) is 154 cm³/mol. The third-order valence-electron chi connectivity index (χ3n) is 7.57. The Morgan fingerprint density at radius 2 is 1.73 bits per heavy atom. The van der Waals surface area contributed by atoms with Crippen molar-refractivity contribution < 1.29 is 0 Å². The van der Waals surface area contributed by atoms with Gasteiger partial charge in [0.1, 0.15) is 11.1 Å². The minimum absolute atomic E-state index is 0.114. The van der Waals surface area contributed by atoms with Crippen LogP contribution in [0.2, 0.25) is 0 Å². The van der Waals surface area contributed by atoms with Gasteiger partial charge < -0.3 is 15.1 Å². The first-order chi connectivity index (χ1) is 19.6. The Labute approximate surface area is 231 Å². The van der Waals surface area contributed by atoms with Gasteiger partial charge in [0.05, 0.1) is 11.9 Å². The molecule has 1 saturated heterocycles. The first kappa shape index (κ1) is 24.4. The second kappa shape index (κ2) is 10.2. The Kier molecular flexibility index (Phi) is 6.20. The van der Waals surface area contributed by atoms with Gasteiger partial charge in [-0.15, -0.1) is 0 Å². The lowest BCUT2D eigenvalue weighted by molar-refractivity contribution is 0.313. The van der Waals surface area contributed by atoms with Crippen LogP contribution in [0, 0.1) is 5.92 Å². The third-order valence-corrected chi connectivity index (χ3v) is 7.57. The molecular weight excluding hydrogens is 504 g/mol. The fourth-order valence-electron chi connectivity index (χ4n) is 5.10. The zero-order valence-corrected chi connectivity index (χ0v) is 22.3. The van der Waals surface area contributed by atoms with E-state index >= 15 is 0 Å². The summed E-state index contributed by atoms with van der Waals surface area (Å²) < 4.78 is 3.56. The molecule has 2 aliphatic rings. The van der Waals surface area contributed by atoms with Gasteiger partial charge in [-0.25, -0.2) is 19.3 Å². The van der Waals surface area contributed by atoms with Crippen molar-refractivity contribution in [1.82, 2.24) is 39.2 Å². The van der Waals surface area contributed by atoms with Gasteiger partial charge in [-0.05, 0) is 62.2 Å². The zero-order chi connectivity index (χ0) is 27.1. The topological polar surface area (TPSA) is 110 Å². The molecular formula is C29H30N10O. The number of likely N-dealkylation sites (N-methyl/N-ethyl adjacent to an activating group) is 1. The molecule has 0 radical (unpaired) electrons. The van der Waals surface area contributed by atoms with E-state index in [9.17, 15) is 4.79 Å². The minimum Gasteiger partial charge on any atom is -0.369 e. The Bertz CT molecular complexity index is 1700. The van der Waals surface area contributed by atoms with Crippen LogP contribution < -0.4 is 15.8 Å². The van der Waals surface area contributed by atoms with Crippen molar-refractivity contribution in [1.29, 1.82) is 0 Å². The summed E-state index contributed by atoms with van der Waals surface area (Å²) >= 11 is 0. The van der Waals surface area contributed by atoms with Gasteiger partial charge in [0, 0.05) is 62.7 Å². The number of aromatic nitrogens is 7. The number of rotatable bonds is 7. The van der Waals surface area contributed by atoms with Crippen LogP contribution in [-0.2, 0) is 6.54 Å². The molecule has 11 nitrogen and oxygen atoms in total. The van der Waals surface area contributed by atoms with E-state index in [0.29, 0.717) is 46.7 Å². The van der Waals surface area contributed by atoms with Crippen LogP contribution >= 0.6 is 0 Å². The summed E-state index contributed by atoms with van der Waals surface area (Å²) in [4.78, 5) is 41.0. The summed E-state index contributed by atoms with van der Waals surface area (Å²) in [7, 11) is 2.16. The van der Waals surface area contributed by atoms with Crippen LogP contribution in [0.25, 0.3) is 28.2 Å². The molecule has 0 bridgehead atoms. The minimum atomic E-state index is -0.114. The Morgan fingerprint density at radius 1 is 0.900 bits per heavy atom. The van der Waals surface area contributed by atoms with Crippen LogP contribution in [0.3, 0.4) is 0 Å². The monoisotopic (exact) mass is 534 g/mol. The van der Waals surface area contributed by atoms with E-state index in [4.69, 9.17) is 9.97 Å². The normalized spacial score (nSPS) is 16.0. The average molecular weight is 535 g/mol. The molecule has 7 rings (SSSR count). The first-order valence-corrected chi connectivity index (χ1v) is 13.7. The molecule has 0 spiro atoms. The van der Waals surface area contributed by atoms with Crippen molar-refractivity contribution >= 4 is 28.4 Å². The van der Waals surface area contributed by atoms with Gasteiger partial charge in [0.15, 0.2) is 11.5 Å². The molecule has 1 aliphatic carbocycles. The summed E-state index contributed by atoms with van der Waals surface area (Å²) in [6.45, 7) is 4.77. The molecule has 0 amide bonds. The van der Waals surface area contributed by atoms with Gasteiger partial charge in [0.25, 0.3) is 5.56 Å². The maximum absolute atomic E-state index is 13.5. The Balaban J connectivity index is 1.24. The molecule has 4 aromatic heterocycles. The molecule has 0 unspecified atom stereocenters. The number of hydrogen-bond donors (Lipinski definition) is 1. The molecule has 1 saturated carbocycles. The smallest absolute Gasteiger partial charge is 0.278 e. The van der Waals surface area contributed by atoms with E-state index in [1.807, 2.05) is 35.0 Å². The van der Waals surface area contributed by atoms with Crippen molar-refractivity contribution in [3.05, 3.63) is 77.6 Å². The zero-order valence-electron chi connectivity index (χ0n) is 22.3. The van der Waals surface area contributed by atoms with Crippen molar-refractivity contribution in [3.63, 3.8) is 0 Å². The largest absolute Gasteiger partial charge is 0.369 e. The van der Waals surface area contributed by atoms with Crippen LogP contribution in [0.15, 0.2) is 72.0 Å². The highest BCUT2D eigenvalue weighted by Crippen LogP contribution is 2.31. The second-order valence-electron chi connectivity index (χ2n) is 10.5. The van der Waals surface area contributed by atoms with Crippen LogP contribution in [0.1, 0.15) is 12.8 Å². The fraction of sp³-hybridized carbons (Fsp3) is 0.310. The van der Waals surface area contributed by atoms with Crippen LogP contribution in [0.4, 0.5) is 17.3 Å². The highest BCUT2D eigenvalue weighted by molar-refractivity contribution is 5.77. The van der Waals surface area contributed by atoms with E-state index in [-0.39, 0.29) is 5.56 Å². The highest BCUT2D eigenvalue weighted by atomic mass is 16.1.